The van der Waals surface area contributed by atoms with Crippen LogP contribution in [0.4, 0.5) is 0 Å². The van der Waals surface area contributed by atoms with Gasteiger partial charge in [0, 0.05) is 14.2 Å². The summed E-state index contributed by atoms with van der Waals surface area (Å²) in [7, 11) is 0. The second kappa shape index (κ2) is 5.36. The predicted molar refractivity (Wildman–Crippen MR) is 85.1 cm³/mol. The first-order valence-corrected chi connectivity index (χ1v) is 7.92. The van der Waals surface area contributed by atoms with Crippen LogP contribution in [0.2, 0.25) is 0 Å². The Morgan fingerprint density at radius 1 is 1.00 bits per heavy atom. The van der Waals surface area contributed by atoms with E-state index in [0.717, 1.165) is 4.47 Å². The number of hydrogen-bond acceptors (Lipinski definition) is 1. The van der Waals surface area contributed by atoms with Crippen LogP contribution < -0.4 is 0 Å². The summed E-state index contributed by atoms with van der Waals surface area (Å²) in [4.78, 5) is 2.58. The molecule has 1 atom stereocenters. The van der Waals surface area contributed by atoms with Gasteiger partial charge in [0.25, 0.3) is 0 Å². The van der Waals surface area contributed by atoms with E-state index in [1.54, 1.807) is 11.3 Å². The zero-order valence-electron chi connectivity index (χ0n) is 11.0. The molecule has 1 heterocycles. The topological polar surface area (TPSA) is 0 Å². The summed E-state index contributed by atoms with van der Waals surface area (Å²) in [6, 6.07) is 6.53. The zero-order valence-corrected chi connectivity index (χ0v) is 14.1. The van der Waals surface area contributed by atoms with Crippen molar-refractivity contribution in [2.45, 2.75) is 33.1 Å². The first-order chi connectivity index (χ1) is 8.40. The molecular formula is C15H16BrClS. The lowest BCUT2D eigenvalue weighted by molar-refractivity contribution is 1.13. The number of halogens is 2. The van der Waals surface area contributed by atoms with Crippen molar-refractivity contribution in [1.82, 2.24) is 0 Å². The van der Waals surface area contributed by atoms with Crippen molar-refractivity contribution in [3.63, 3.8) is 0 Å². The van der Waals surface area contributed by atoms with E-state index < -0.39 is 0 Å². The molecule has 96 valence electrons. The molecule has 1 aromatic carbocycles. The van der Waals surface area contributed by atoms with Gasteiger partial charge in [0.15, 0.2) is 0 Å². The van der Waals surface area contributed by atoms with Crippen molar-refractivity contribution in [3.05, 3.63) is 54.7 Å². The SMILES string of the molecule is Cc1cc(C(Cl)c2cc(C)c(C)s2)c(C)cc1Br. The smallest absolute Gasteiger partial charge is 0.0930 e. The van der Waals surface area contributed by atoms with Gasteiger partial charge in [-0.3, -0.25) is 0 Å². The summed E-state index contributed by atoms with van der Waals surface area (Å²) >= 11 is 12.0. The fraction of sp³-hybridized carbons (Fsp3) is 0.333. The minimum absolute atomic E-state index is 0.0470. The Hall–Kier alpha value is -0.310. The Bertz CT molecular complexity index is 567. The first kappa shape index (κ1) is 14.1. The summed E-state index contributed by atoms with van der Waals surface area (Å²) in [5.41, 5.74) is 4.99. The van der Waals surface area contributed by atoms with Crippen molar-refractivity contribution in [3.8, 4) is 0 Å². The quantitative estimate of drug-likeness (QED) is 0.580. The van der Waals surface area contributed by atoms with Gasteiger partial charge in [-0.15, -0.1) is 22.9 Å². The maximum absolute atomic E-state index is 6.64. The summed E-state index contributed by atoms with van der Waals surface area (Å²) in [5, 5.41) is -0.0470. The highest BCUT2D eigenvalue weighted by atomic mass is 79.9. The highest BCUT2D eigenvalue weighted by molar-refractivity contribution is 9.10. The number of thiophene rings is 1. The largest absolute Gasteiger partial charge is 0.143 e. The van der Waals surface area contributed by atoms with Crippen LogP contribution in [0.25, 0.3) is 0 Å². The highest BCUT2D eigenvalue weighted by Gasteiger charge is 2.17. The Labute approximate surface area is 126 Å². The molecule has 0 saturated heterocycles. The lowest BCUT2D eigenvalue weighted by atomic mass is 10.0. The van der Waals surface area contributed by atoms with Crippen LogP contribution >= 0.6 is 38.9 Å². The molecule has 0 spiro atoms. The molecule has 0 amide bonds. The van der Waals surface area contributed by atoms with Crippen LogP contribution in [-0.2, 0) is 0 Å². The van der Waals surface area contributed by atoms with E-state index in [-0.39, 0.29) is 5.38 Å². The van der Waals surface area contributed by atoms with Crippen LogP contribution in [-0.4, -0.2) is 0 Å². The third-order valence-corrected chi connectivity index (χ3v) is 5.93. The number of alkyl halides is 1. The van der Waals surface area contributed by atoms with E-state index >= 15 is 0 Å². The molecule has 0 nitrogen and oxygen atoms in total. The average Bonchev–Trinajstić information content (AvgIpc) is 2.63. The average molecular weight is 344 g/mol. The second-order valence-corrected chi connectivity index (χ2v) is 7.29. The lowest BCUT2D eigenvalue weighted by Crippen LogP contribution is -1.95. The van der Waals surface area contributed by atoms with Crippen LogP contribution in [0.5, 0.6) is 0 Å². The molecule has 0 N–H and O–H groups in total. The van der Waals surface area contributed by atoms with Gasteiger partial charge in [-0.1, -0.05) is 22.0 Å². The fourth-order valence-corrected chi connectivity index (χ4v) is 3.89. The Kier molecular flexibility index (Phi) is 4.20. The number of benzene rings is 1. The Balaban J connectivity index is 2.45. The van der Waals surface area contributed by atoms with Crippen LogP contribution in [0.3, 0.4) is 0 Å². The number of hydrogen-bond donors (Lipinski definition) is 0. The maximum Gasteiger partial charge on any atom is 0.0930 e. The minimum Gasteiger partial charge on any atom is -0.143 e. The molecule has 0 bridgehead atoms. The van der Waals surface area contributed by atoms with Crippen LogP contribution in [0.15, 0.2) is 22.7 Å². The number of aryl methyl sites for hydroxylation is 4. The van der Waals surface area contributed by atoms with Crippen molar-refractivity contribution in [2.24, 2.45) is 0 Å². The zero-order chi connectivity index (χ0) is 13.4. The summed E-state index contributed by atoms with van der Waals surface area (Å²) in [5.74, 6) is 0. The molecule has 0 aliphatic heterocycles. The van der Waals surface area contributed by atoms with E-state index in [9.17, 15) is 0 Å². The molecule has 0 aliphatic carbocycles. The van der Waals surface area contributed by atoms with Crippen molar-refractivity contribution in [2.75, 3.05) is 0 Å². The predicted octanol–water partition coefficient (Wildman–Crippen LogP) is 6.07. The van der Waals surface area contributed by atoms with Gasteiger partial charge in [0.2, 0.25) is 0 Å². The number of rotatable bonds is 2. The molecule has 0 saturated carbocycles. The molecule has 2 rings (SSSR count). The molecule has 0 radical (unpaired) electrons. The minimum atomic E-state index is -0.0470. The molecular weight excluding hydrogens is 328 g/mol. The molecule has 3 heteroatoms. The van der Waals surface area contributed by atoms with Gasteiger partial charge in [-0.25, -0.2) is 0 Å². The van der Waals surface area contributed by atoms with E-state index in [0.29, 0.717) is 0 Å². The molecule has 18 heavy (non-hydrogen) atoms. The lowest BCUT2D eigenvalue weighted by Gasteiger charge is -2.13. The summed E-state index contributed by atoms with van der Waals surface area (Å²) in [6.07, 6.45) is 0. The first-order valence-electron chi connectivity index (χ1n) is 5.87. The summed E-state index contributed by atoms with van der Waals surface area (Å²) in [6.45, 7) is 8.50. The van der Waals surface area contributed by atoms with E-state index in [1.807, 2.05) is 0 Å². The molecule has 2 aromatic rings. The standard InChI is InChI=1S/C15H16BrClS/c1-8-7-14(18-11(8)4)15(17)12-5-10(3)13(16)6-9(12)2/h5-7,15H,1-4H3. The normalized spacial score (nSPS) is 12.8. The van der Waals surface area contributed by atoms with Gasteiger partial charge in [-0.05, 0) is 62.1 Å². The second-order valence-electron chi connectivity index (χ2n) is 4.71. The summed E-state index contributed by atoms with van der Waals surface area (Å²) < 4.78 is 1.14. The van der Waals surface area contributed by atoms with Crippen LogP contribution in [0.1, 0.15) is 37.4 Å². The van der Waals surface area contributed by atoms with Crippen molar-refractivity contribution >= 4 is 38.9 Å². The van der Waals surface area contributed by atoms with Gasteiger partial charge < -0.3 is 0 Å². The van der Waals surface area contributed by atoms with Gasteiger partial charge in [0.1, 0.15) is 0 Å². The van der Waals surface area contributed by atoms with E-state index in [1.165, 1.54) is 32.0 Å². The van der Waals surface area contributed by atoms with Gasteiger partial charge in [-0.2, -0.15) is 0 Å². The molecule has 0 aliphatic rings. The third kappa shape index (κ3) is 2.66. The van der Waals surface area contributed by atoms with Crippen LogP contribution in [0, 0.1) is 27.7 Å². The van der Waals surface area contributed by atoms with Crippen molar-refractivity contribution < 1.29 is 0 Å². The molecule has 1 unspecified atom stereocenters. The van der Waals surface area contributed by atoms with E-state index in [4.69, 9.17) is 11.6 Å². The van der Waals surface area contributed by atoms with Gasteiger partial charge >= 0.3 is 0 Å². The molecule has 0 fully saturated rings. The fourth-order valence-electron chi connectivity index (χ4n) is 1.96. The highest BCUT2D eigenvalue weighted by Crippen LogP contribution is 2.38. The van der Waals surface area contributed by atoms with E-state index in [2.05, 4.69) is 61.8 Å². The molecule has 1 aromatic heterocycles. The Morgan fingerprint density at radius 3 is 2.22 bits per heavy atom. The maximum atomic E-state index is 6.64. The third-order valence-electron chi connectivity index (χ3n) is 3.26. The Morgan fingerprint density at radius 2 is 1.67 bits per heavy atom. The monoisotopic (exact) mass is 342 g/mol. The van der Waals surface area contributed by atoms with Gasteiger partial charge in [0.05, 0.1) is 5.38 Å². The van der Waals surface area contributed by atoms with Crippen molar-refractivity contribution in [1.29, 1.82) is 0 Å².